The Hall–Kier alpha value is -0.0231. The third kappa shape index (κ3) is 11.5. The van der Waals surface area contributed by atoms with Gasteiger partial charge in [-0.2, -0.15) is 5.26 Å². The van der Waals surface area contributed by atoms with Crippen LogP contribution in [0.25, 0.3) is 0 Å². The van der Waals surface area contributed by atoms with Gasteiger partial charge in [0.2, 0.25) is 0 Å². The Morgan fingerprint density at radius 1 is 1.05 bits per heavy atom. The minimum Gasteiger partial charge on any atom is -0.397 e. The maximum Gasteiger partial charge on any atom is 0.322 e. The summed E-state index contributed by atoms with van der Waals surface area (Å²) in [5.41, 5.74) is 0. The summed E-state index contributed by atoms with van der Waals surface area (Å²) in [5.74, 6) is 0. The summed E-state index contributed by atoms with van der Waals surface area (Å²) in [4.78, 5) is 0. The number of unbranched alkanes of at least 4 members (excludes halogenated alkanes) is 4. The third-order valence-electron chi connectivity index (χ3n) is 3.01. The highest BCUT2D eigenvalue weighted by Gasteiger charge is 2.20. The van der Waals surface area contributed by atoms with Crippen LogP contribution >= 0.6 is 11.8 Å². The Balaban J connectivity index is 3.96. The molecule has 0 aromatic carbocycles. The lowest BCUT2D eigenvalue weighted by Gasteiger charge is -2.19. The van der Waals surface area contributed by atoms with Crippen LogP contribution in [0.3, 0.4) is 0 Å². The molecule has 0 heterocycles. The number of nitrogens with zero attached hydrogens (tertiary/aromatic N) is 1. The van der Waals surface area contributed by atoms with E-state index in [0.29, 0.717) is 5.25 Å². The average molecular weight is 304 g/mol. The summed E-state index contributed by atoms with van der Waals surface area (Å²) in [6, 6.07) is 0.952. The monoisotopic (exact) mass is 303 g/mol. The molecule has 5 heteroatoms. The second-order valence-electron chi connectivity index (χ2n) is 4.61. The molecule has 3 nitrogen and oxygen atoms in total. The fraction of sp³-hybridized carbons (Fsp3) is 0.929. The Labute approximate surface area is 124 Å². The van der Waals surface area contributed by atoms with Crippen molar-refractivity contribution in [2.24, 2.45) is 0 Å². The van der Waals surface area contributed by atoms with Crippen molar-refractivity contribution in [2.45, 2.75) is 70.6 Å². The van der Waals surface area contributed by atoms with Gasteiger partial charge in [0.25, 0.3) is 0 Å². The zero-order valence-corrected chi connectivity index (χ0v) is 14.7. The minimum absolute atomic E-state index is 0.390. The minimum atomic E-state index is -1.56. The molecule has 0 aliphatic carbocycles. The molecular weight excluding hydrogens is 274 g/mol. The van der Waals surface area contributed by atoms with E-state index >= 15 is 0 Å². The number of hydrogen-bond donors (Lipinski definition) is 0. The molecule has 112 valence electrons. The van der Waals surface area contributed by atoms with Gasteiger partial charge in [-0.1, -0.05) is 39.0 Å². The number of nitriles is 1. The van der Waals surface area contributed by atoms with Gasteiger partial charge >= 0.3 is 9.28 Å². The van der Waals surface area contributed by atoms with Crippen LogP contribution in [-0.2, 0) is 8.85 Å². The number of thiocyanates is 1. The molecular formula is C14H29NO2SSi. The quantitative estimate of drug-likeness (QED) is 0.290. The molecule has 1 unspecified atom stereocenters. The molecule has 0 rings (SSSR count). The third-order valence-corrected chi connectivity index (χ3v) is 6.58. The van der Waals surface area contributed by atoms with E-state index in [9.17, 15) is 0 Å². The molecule has 0 bridgehead atoms. The molecule has 0 aliphatic heterocycles. The van der Waals surface area contributed by atoms with E-state index in [2.05, 4.69) is 12.3 Å². The van der Waals surface area contributed by atoms with Crippen LogP contribution in [0.4, 0.5) is 0 Å². The lowest BCUT2D eigenvalue weighted by Crippen LogP contribution is -2.27. The van der Waals surface area contributed by atoms with Gasteiger partial charge in [0.05, 0.1) is 0 Å². The van der Waals surface area contributed by atoms with E-state index in [1.165, 1.54) is 43.9 Å². The summed E-state index contributed by atoms with van der Waals surface area (Å²) < 4.78 is 11.4. The summed E-state index contributed by atoms with van der Waals surface area (Å²) in [6.07, 6.45) is 7.54. The van der Waals surface area contributed by atoms with Crippen molar-refractivity contribution in [3.63, 3.8) is 0 Å². The van der Waals surface area contributed by atoms with Gasteiger partial charge in [-0.05, 0) is 32.0 Å². The molecule has 19 heavy (non-hydrogen) atoms. The van der Waals surface area contributed by atoms with Crippen molar-refractivity contribution in [3.8, 4) is 5.40 Å². The standard InChI is InChI=1S/C14H29NO2SSi/c1-4-7-8-9-10-11-14(18-13-15)12-19(16-5-2)17-6-3/h14,19H,4-12H2,1-3H3. The number of hydrogen-bond acceptors (Lipinski definition) is 4. The highest BCUT2D eigenvalue weighted by molar-refractivity contribution is 8.04. The summed E-state index contributed by atoms with van der Waals surface area (Å²) in [5, 5.41) is 11.5. The molecule has 0 fully saturated rings. The van der Waals surface area contributed by atoms with Crippen LogP contribution in [0.5, 0.6) is 0 Å². The Morgan fingerprint density at radius 2 is 1.68 bits per heavy atom. The Morgan fingerprint density at radius 3 is 2.21 bits per heavy atom. The van der Waals surface area contributed by atoms with E-state index in [1.807, 2.05) is 13.8 Å². The van der Waals surface area contributed by atoms with Crippen molar-refractivity contribution >= 4 is 21.0 Å². The van der Waals surface area contributed by atoms with Crippen LogP contribution in [0.2, 0.25) is 6.04 Å². The van der Waals surface area contributed by atoms with Gasteiger partial charge in [-0.3, -0.25) is 0 Å². The van der Waals surface area contributed by atoms with Gasteiger partial charge in [0.1, 0.15) is 5.40 Å². The van der Waals surface area contributed by atoms with Crippen LogP contribution in [-0.4, -0.2) is 27.7 Å². The van der Waals surface area contributed by atoms with Crippen molar-refractivity contribution in [2.75, 3.05) is 13.2 Å². The second-order valence-corrected chi connectivity index (χ2v) is 7.69. The van der Waals surface area contributed by atoms with Crippen molar-refractivity contribution < 1.29 is 8.85 Å². The largest absolute Gasteiger partial charge is 0.397 e. The second kappa shape index (κ2) is 14.4. The maximum absolute atomic E-state index is 8.90. The fourth-order valence-corrected chi connectivity index (χ4v) is 5.11. The summed E-state index contributed by atoms with van der Waals surface area (Å²) >= 11 is 1.40. The fourth-order valence-electron chi connectivity index (χ4n) is 2.05. The lowest BCUT2D eigenvalue weighted by molar-refractivity contribution is 0.213. The first-order valence-corrected chi connectivity index (χ1v) is 10.2. The Bertz CT molecular complexity index is 230. The Kier molecular flexibility index (Phi) is 14.4. The first-order chi connectivity index (χ1) is 9.28. The summed E-state index contributed by atoms with van der Waals surface area (Å²) in [6.45, 7) is 7.69. The maximum atomic E-state index is 8.90. The van der Waals surface area contributed by atoms with Crippen LogP contribution in [0, 0.1) is 10.7 Å². The topological polar surface area (TPSA) is 42.2 Å². The van der Waals surface area contributed by atoms with E-state index in [4.69, 9.17) is 14.1 Å². The predicted octanol–water partition coefficient (Wildman–Crippen LogP) is 4.22. The van der Waals surface area contributed by atoms with Crippen LogP contribution in [0.15, 0.2) is 0 Å². The van der Waals surface area contributed by atoms with Gasteiger partial charge in [0.15, 0.2) is 0 Å². The van der Waals surface area contributed by atoms with Gasteiger partial charge in [0, 0.05) is 24.5 Å². The van der Waals surface area contributed by atoms with Crippen molar-refractivity contribution in [1.82, 2.24) is 0 Å². The molecule has 0 aromatic rings. The SMILES string of the molecule is CCCCCCCC(C[SiH](OCC)OCC)SC#N. The first kappa shape index (κ1) is 19.0. The molecule has 0 aromatic heterocycles. The van der Waals surface area contributed by atoms with Crippen LogP contribution in [0.1, 0.15) is 59.3 Å². The summed E-state index contributed by atoms with van der Waals surface area (Å²) in [7, 11) is -1.56. The van der Waals surface area contributed by atoms with Gasteiger partial charge in [-0.15, -0.1) is 0 Å². The van der Waals surface area contributed by atoms with E-state index < -0.39 is 9.28 Å². The highest BCUT2D eigenvalue weighted by atomic mass is 32.2. The molecule has 0 amide bonds. The smallest absolute Gasteiger partial charge is 0.322 e. The van der Waals surface area contributed by atoms with Crippen LogP contribution < -0.4 is 0 Å². The zero-order chi connectivity index (χ0) is 14.3. The average Bonchev–Trinajstić information content (AvgIpc) is 2.39. The lowest BCUT2D eigenvalue weighted by atomic mass is 10.1. The molecule has 0 spiro atoms. The molecule has 0 radical (unpaired) electrons. The first-order valence-electron chi connectivity index (χ1n) is 7.56. The molecule has 0 saturated heterocycles. The van der Waals surface area contributed by atoms with E-state index in [1.54, 1.807) is 0 Å². The van der Waals surface area contributed by atoms with Gasteiger partial charge in [-0.25, -0.2) is 0 Å². The zero-order valence-electron chi connectivity index (χ0n) is 12.7. The number of rotatable bonds is 13. The van der Waals surface area contributed by atoms with Crippen molar-refractivity contribution in [1.29, 1.82) is 5.26 Å². The molecule has 0 saturated carbocycles. The predicted molar refractivity (Wildman–Crippen MR) is 85.6 cm³/mol. The number of thioether (sulfide) groups is 1. The highest BCUT2D eigenvalue weighted by Crippen LogP contribution is 2.23. The molecule has 0 N–H and O–H groups in total. The molecule has 0 aliphatic rings. The molecule has 1 atom stereocenters. The van der Waals surface area contributed by atoms with Crippen molar-refractivity contribution in [3.05, 3.63) is 0 Å². The van der Waals surface area contributed by atoms with E-state index in [0.717, 1.165) is 25.7 Å². The normalized spacial score (nSPS) is 12.6. The van der Waals surface area contributed by atoms with E-state index in [-0.39, 0.29) is 0 Å². The van der Waals surface area contributed by atoms with Gasteiger partial charge < -0.3 is 8.85 Å².